The molecule has 16 heavy (non-hydrogen) atoms. The molecular formula is C13H18O3. The molecule has 0 aromatic heterocycles. The normalized spacial score (nSPS) is 11.1. The topological polar surface area (TPSA) is 57.5 Å². The first-order valence-electron chi connectivity index (χ1n) is 5.44. The molecule has 0 aliphatic rings. The predicted octanol–water partition coefficient (Wildman–Crippen LogP) is 3.34. The van der Waals surface area contributed by atoms with Gasteiger partial charge in [0.25, 0.3) is 0 Å². The lowest BCUT2D eigenvalue weighted by atomic mass is 9.88. The summed E-state index contributed by atoms with van der Waals surface area (Å²) in [5, 5.41) is 18.9. The van der Waals surface area contributed by atoms with Gasteiger partial charge in [-0.05, 0) is 35.1 Å². The summed E-state index contributed by atoms with van der Waals surface area (Å²) < 4.78 is 0. The van der Waals surface area contributed by atoms with Gasteiger partial charge in [-0.3, -0.25) is 0 Å². The predicted molar refractivity (Wildman–Crippen MR) is 63.2 cm³/mol. The molecule has 0 fully saturated rings. The molecule has 1 rings (SSSR count). The summed E-state index contributed by atoms with van der Waals surface area (Å²) in [6.07, 6.45) is 0. The van der Waals surface area contributed by atoms with Crippen molar-refractivity contribution in [2.45, 2.75) is 39.5 Å². The number of carboxylic acid groups (broad SMARTS) is 1. The van der Waals surface area contributed by atoms with Gasteiger partial charge in [-0.1, -0.05) is 27.7 Å². The first-order valence-corrected chi connectivity index (χ1v) is 5.44. The Morgan fingerprint density at radius 1 is 1.06 bits per heavy atom. The zero-order chi connectivity index (χ0) is 12.5. The molecule has 0 amide bonds. The largest absolute Gasteiger partial charge is 0.508 e. The number of hydrogen-bond donors (Lipinski definition) is 2. The summed E-state index contributed by atoms with van der Waals surface area (Å²) >= 11 is 0. The van der Waals surface area contributed by atoms with Crippen molar-refractivity contribution in [3.8, 4) is 5.75 Å². The lowest BCUT2D eigenvalue weighted by molar-refractivity contribution is 0.0693. The molecule has 3 heteroatoms. The molecule has 1 aromatic rings. The smallest absolute Gasteiger partial charge is 0.336 e. The van der Waals surface area contributed by atoms with Gasteiger partial charge in [0.2, 0.25) is 0 Å². The van der Waals surface area contributed by atoms with Gasteiger partial charge >= 0.3 is 5.97 Å². The molecule has 1 aromatic carbocycles. The summed E-state index contributed by atoms with van der Waals surface area (Å²) in [7, 11) is 0. The van der Waals surface area contributed by atoms with E-state index in [1.54, 1.807) is 12.1 Å². The highest BCUT2D eigenvalue weighted by Crippen LogP contribution is 2.31. The van der Waals surface area contributed by atoms with Crippen molar-refractivity contribution in [2.24, 2.45) is 0 Å². The highest BCUT2D eigenvalue weighted by molar-refractivity contribution is 5.92. The average Bonchev–Trinajstić information content (AvgIpc) is 2.15. The van der Waals surface area contributed by atoms with Gasteiger partial charge in [-0.25, -0.2) is 4.79 Å². The quantitative estimate of drug-likeness (QED) is 0.824. The number of rotatable bonds is 3. The molecule has 0 saturated heterocycles. The average molecular weight is 222 g/mol. The minimum absolute atomic E-state index is 0.0794. The fraction of sp³-hybridized carbons (Fsp3) is 0.462. The third-order valence-corrected chi connectivity index (χ3v) is 2.64. The van der Waals surface area contributed by atoms with Crippen molar-refractivity contribution >= 4 is 5.97 Å². The third kappa shape index (κ3) is 2.35. The maximum absolute atomic E-state index is 11.3. The molecule has 0 unspecified atom stereocenters. The van der Waals surface area contributed by atoms with E-state index in [9.17, 15) is 15.0 Å². The number of carbonyl (C=O) groups is 1. The second kappa shape index (κ2) is 4.56. The van der Waals surface area contributed by atoms with Gasteiger partial charge < -0.3 is 10.2 Å². The summed E-state index contributed by atoms with van der Waals surface area (Å²) in [5.74, 6) is -0.629. The SMILES string of the molecule is CC(C)c1cc(O)cc(C(C)C)c1C(=O)O. The number of aromatic hydroxyl groups is 1. The molecule has 3 nitrogen and oxygen atoms in total. The Labute approximate surface area is 95.7 Å². The van der Waals surface area contributed by atoms with E-state index in [0.717, 1.165) is 0 Å². The van der Waals surface area contributed by atoms with Crippen LogP contribution in [0.3, 0.4) is 0 Å². The van der Waals surface area contributed by atoms with Crippen LogP contribution in [0.5, 0.6) is 5.75 Å². The number of aromatic carboxylic acids is 1. The summed E-state index contributed by atoms with van der Waals surface area (Å²) in [5.41, 5.74) is 1.72. The molecule has 0 spiro atoms. The third-order valence-electron chi connectivity index (χ3n) is 2.64. The Bertz CT molecular complexity index is 377. The summed E-state index contributed by atoms with van der Waals surface area (Å²) in [6, 6.07) is 3.08. The number of phenolic OH excluding ortho intramolecular Hbond substituents is 1. The van der Waals surface area contributed by atoms with E-state index in [1.165, 1.54) is 0 Å². The van der Waals surface area contributed by atoms with Crippen LogP contribution < -0.4 is 0 Å². The molecule has 0 aliphatic heterocycles. The second-order valence-corrected chi connectivity index (χ2v) is 4.61. The number of hydrogen-bond acceptors (Lipinski definition) is 2. The maximum Gasteiger partial charge on any atom is 0.336 e. The van der Waals surface area contributed by atoms with Crippen molar-refractivity contribution in [1.82, 2.24) is 0 Å². The minimum Gasteiger partial charge on any atom is -0.508 e. The fourth-order valence-electron chi connectivity index (χ4n) is 1.83. The van der Waals surface area contributed by atoms with Crippen LogP contribution in [0.15, 0.2) is 12.1 Å². The molecule has 0 radical (unpaired) electrons. The molecule has 0 aliphatic carbocycles. The van der Waals surface area contributed by atoms with Gasteiger partial charge in [0, 0.05) is 0 Å². The monoisotopic (exact) mass is 222 g/mol. The van der Waals surface area contributed by atoms with E-state index < -0.39 is 5.97 Å². The van der Waals surface area contributed by atoms with Gasteiger partial charge in [0.1, 0.15) is 5.75 Å². The Morgan fingerprint density at radius 3 is 1.69 bits per heavy atom. The lowest BCUT2D eigenvalue weighted by Gasteiger charge is -2.17. The molecule has 0 saturated carbocycles. The van der Waals surface area contributed by atoms with Crippen LogP contribution in [0.25, 0.3) is 0 Å². The molecule has 2 N–H and O–H groups in total. The number of carboxylic acids is 1. The van der Waals surface area contributed by atoms with Crippen LogP contribution in [0, 0.1) is 0 Å². The van der Waals surface area contributed by atoms with E-state index in [4.69, 9.17) is 0 Å². The van der Waals surface area contributed by atoms with Gasteiger partial charge in [-0.2, -0.15) is 0 Å². The van der Waals surface area contributed by atoms with Crippen LogP contribution in [0.1, 0.15) is 61.0 Å². The van der Waals surface area contributed by atoms with E-state index in [1.807, 2.05) is 27.7 Å². The summed E-state index contributed by atoms with van der Waals surface area (Å²) in [4.78, 5) is 11.3. The minimum atomic E-state index is -0.924. The Balaban J connectivity index is 3.54. The van der Waals surface area contributed by atoms with Crippen LogP contribution in [0.4, 0.5) is 0 Å². The molecule has 0 bridgehead atoms. The van der Waals surface area contributed by atoms with E-state index >= 15 is 0 Å². The van der Waals surface area contributed by atoms with Gasteiger partial charge in [-0.15, -0.1) is 0 Å². The molecular weight excluding hydrogens is 204 g/mol. The zero-order valence-electron chi connectivity index (χ0n) is 10.1. The number of benzene rings is 1. The van der Waals surface area contributed by atoms with Crippen LogP contribution >= 0.6 is 0 Å². The molecule has 0 heterocycles. The van der Waals surface area contributed by atoms with Crippen molar-refractivity contribution < 1.29 is 15.0 Å². The highest BCUT2D eigenvalue weighted by atomic mass is 16.4. The van der Waals surface area contributed by atoms with E-state index in [0.29, 0.717) is 16.7 Å². The highest BCUT2D eigenvalue weighted by Gasteiger charge is 2.20. The van der Waals surface area contributed by atoms with Crippen molar-refractivity contribution in [1.29, 1.82) is 0 Å². The first kappa shape index (κ1) is 12.6. The van der Waals surface area contributed by atoms with Crippen LogP contribution in [0.2, 0.25) is 0 Å². The summed E-state index contributed by atoms with van der Waals surface area (Å²) in [6.45, 7) is 7.69. The van der Waals surface area contributed by atoms with Crippen molar-refractivity contribution in [3.63, 3.8) is 0 Å². The molecule has 88 valence electrons. The lowest BCUT2D eigenvalue weighted by Crippen LogP contribution is -2.09. The Hall–Kier alpha value is -1.51. The van der Waals surface area contributed by atoms with Crippen molar-refractivity contribution in [3.05, 3.63) is 28.8 Å². The zero-order valence-corrected chi connectivity index (χ0v) is 10.1. The standard InChI is InChI=1S/C13H18O3/c1-7(2)10-5-9(14)6-11(8(3)4)12(10)13(15)16/h5-8,14H,1-4H3,(H,15,16). The Kier molecular flexibility index (Phi) is 3.58. The van der Waals surface area contributed by atoms with E-state index in [-0.39, 0.29) is 17.6 Å². The first-order chi connectivity index (χ1) is 7.34. The van der Waals surface area contributed by atoms with E-state index in [2.05, 4.69) is 0 Å². The van der Waals surface area contributed by atoms with Crippen LogP contribution in [-0.4, -0.2) is 16.2 Å². The van der Waals surface area contributed by atoms with Crippen LogP contribution in [-0.2, 0) is 0 Å². The fourth-order valence-corrected chi connectivity index (χ4v) is 1.83. The van der Waals surface area contributed by atoms with Gasteiger partial charge in [0.15, 0.2) is 0 Å². The second-order valence-electron chi connectivity index (χ2n) is 4.61. The maximum atomic E-state index is 11.3. The van der Waals surface area contributed by atoms with Gasteiger partial charge in [0.05, 0.1) is 5.56 Å². The number of phenols is 1. The molecule has 0 atom stereocenters. The Morgan fingerprint density at radius 2 is 1.44 bits per heavy atom. The van der Waals surface area contributed by atoms with Crippen molar-refractivity contribution in [2.75, 3.05) is 0 Å².